The summed E-state index contributed by atoms with van der Waals surface area (Å²) in [4.78, 5) is 19.0. The van der Waals surface area contributed by atoms with Crippen LogP contribution in [0.25, 0.3) is 11.4 Å². The van der Waals surface area contributed by atoms with Crippen LogP contribution in [0.4, 0.5) is 0 Å². The summed E-state index contributed by atoms with van der Waals surface area (Å²) in [5, 5.41) is 18.7. The van der Waals surface area contributed by atoms with E-state index in [1.807, 2.05) is 41.1 Å². The van der Waals surface area contributed by atoms with Gasteiger partial charge in [-0.15, -0.1) is 0 Å². The topological polar surface area (TPSA) is 88.7 Å². The molecule has 0 radical (unpaired) electrons. The highest BCUT2D eigenvalue weighted by molar-refractivity contribution is 7.08. The number of aliphatic hydroxyl groups excluding tert-OH is 1. The summed E-state index contributed by atoms with van der Waals surface area (Å²) in [6, 6.07) is 9.03. The number of benzene rings is 1. The molecule has 0 spiro atoms. The maximum atomic E-state index is 12.8. The number of aliphatic hydroxyl groups is 1. The molecule has 0 unspecified atom stereocenters. The number of nitrogens with zero attached hydrogens (tertiary/aromatic N) is 3. The van der Waals surface area contributed by atoms with Crippen LogP contribution in [0.1, 0.15) is 36.8 Å². The number of ether oxygens (including phenoxy) is 1. The number of aryl methyl sites for hydroxylation is 1. The van der Waals surface area contributed by atoms with Gasteiger partial charge < -0.3 is 19.3 Å². The van der Waals surface area contributed by atoms with Gasteiger partial charge in [0.15, 0.2) is 0 Å². The molecule has 1 saturated heterocycles. The molecule has 1 aliphatic rings. The van der Waals surface area contributed by atoms with Gasteiger partial charge in [-0.1, -0.05) is 17.3 Å². The Balaban J connectivity index is 1.37. The molecular weight excluding hydrogens is 390 g/mol. The van der Waals surface area contributed by atoms with E-state index in [-0.39, 0.29) is 18.4 Å². The third-order valence-electron chi connectivity index (χ3n) is 5.24. The lowest BCUT2D eigenvalue weighted by molar-refractivity contribution is -0.134. The van der Waals surface area contributed by atoms with E-state index in [9.17, 15) is 9.90 Å². The number of rotatable bonds is 7. The zero-order valence-corrected chi connectivity index (χ0v) is 17.0. The summed E-state index contributed by atoms with van der Waals surface area (Å²) in [7, 11) is 1.61. The minimum Gasteiger partial charge on any atom is -0.497 e. The molecule has 0 saturated carbocycles. The Morgan fingerprint density at radius 1 is 1.38 bits per heavy atom. The van der Waals surface area contributed by atoms with Gasteiger partial charge in [0.05, 0.1) is 19.3 Å². The lowest BCUT2D eigenvalue weighted by atomic mass is 10.00. The van der Waals surface area contributed by atoms with E-state index in [2.05, 4.69) is 10.1 Å². The van der Waals surface area contributed by atoms with Crippen LogP contribution < -0.4 is 4.74 Å². The molecule has 1 fully saturated rings. The van der Waals surface area contributed by atoms with Crippen molar-refractivity contribution < 1.29 is 19.2 Å². The predicted octanol–water partition coefficient (Wildman–Crippen LogP) is 3.46. The van der Waals surface area contributed by atoms with Crippen molar-refractivity contribution in [2.75, 3.05) is 13.7 Å². The van der Waals surface area contributed by atoms with Crippen molar-refractivity contribution in [3.63, 3.8) is 0 Å². The molecular formula is C21H23N3O4S. The minimum atomic E-state index is -0.721. The van der Waals surface area contributed by atoms with E-state index in [0.29, 0.717) is 24.7 Å². The molecule has 0 bridgehead atoms. The summed E-state index contributed by atoms with van der Waals surface area (Å²) in [6.45, 7) is 0.653. The molecule has 1 aliphatic heterocycles. The van der Waals surface area contributed by atoms with E-state index in [0.717, 1.165) is 29.7 Å². The van der Waals surface area contributed by atoms with Crippen LogP contribution in [0, 0.1) is 0 Å². The van der Waals surface area contributed by atoms with Gasteiger partial charge >= 0.3 is 0 Å². The molecule has 8 heteroatoms. The second-order valence-electron chi connectivity index (χ2n) is 7.04. The number of carbonyl (C=O) groups excluding carboxylic acids is 1. The Hall–Kier alpha value is -2.71. The number of aromatic nitrogens is 2. The molecule has 4 rings (SSSR count). The first kappa shape index (κ1) is 19.6. The van der Waals surface area contributed by atoms with Crippen molar-refractivity contribution in [2.45, 2.75) is 37.8 Å². The minimum absolute atomic E-state index is 0.00431. The van der Waals surface area contributed by atoms with Crippen LogP contribution in [-0.2, 0) is 11.2 Å². The summed E-state index contributed by atoms with van der Waals surface area (Å²) < 4.78 is 10.4. The van der Waals surface area contributed by atoms with Crippen LogP contribution in [0.15, 0.2) is 45.6 Å². The number of thiophene rings is 1. The summed E-state index contributed by atoms with van der Waals surface area (Å²) >= 11 is 1.57. The lowest BCUT2D eigenvalue weighted by Gasteiger charge is -2.29. The first-order valence-corrected chi connectivity index (χ1v) is 10.6. The Morgan fingerprint density at radius 2 is 2.21 bits per heavy atom. The molecule has 3 heterocycles. The average Bonchev–Trinajstić information content (AvgIpc) is 3.52. The van der Waals surface area contributed by atoms with Crippen LogP contribution >= 0.6 is 11.3 Å². The Labute approximate surface area is 172 Å². The largest absolute Gasteiger partial charge is 0.497 e. The Bertz CT molecular complexity index is 939. The zero-order valence-electron chi connectivity index (χ0n) is 16.2. The van der Waals surface area contributed by atoms with Crippen LogP contribution in [-0.4, -0.2) is 45.8 Å². The smallest absolute Gasteiger partial charge is 0.227 e. The van der Waals surface area contributed by atoms with E-state index in [1.54, 1.807) is 23.3 Å². The van der Waals surface area contributed by atoms with Crippen molar-refractivity contribution in [3.8, 4) is 17.1 Å². The van der Waals surface area contributed by atoms with Crippen molar-refractivity contribution >= 4 is 17.2 Å². The highest BCUT2D eigenvalue weighted by Gasteiger charge is 2.34. The van der Waals surface area contributed by atoms with E-state index >= 15 is 0 Å². The van der Waals surface area contributed by atoms with Crippen LogP contribution in [0.3, 0.4) is 0 Å². The summed E-state index contributed by atoms with van der Waals surface area (Å²) in [6.07, 6.45) is 1.60. The highest BCUT2D eigenvalue weighted by Crippen LogP contribution is 2.31. The second kappa shape index (κ2) is 8.75. The maximum absolute atomic E-state index is 12.8. The van der Waals surface area contributed by atoms with Crippen molar-refractivity contribution in [1.29, 1.82) is 0 Å². The van der Waals surface area contributed by atoms with Crippen LogP contribution in [0.2, 0.25) is 0 Å². The molecule has 29 heavy (non-hydrogen) atoms. The number of hydrogen-bond donors (Lipinski definition) is 1. The Kier molecular flexibility index (Phi) is 5.92. The molecule has 2 aromatic heterocycles. The standard InChI is InChI=1S/C21H23N3O4S/c1-27-16-6-4-14(5-7-16)20(26)17-3-2-11-24(17)19(25)9-8-18-22-21(23-28-18)15-10-12-29-13-15/h4-7,10,12-13,17,20,26H,2-3,8-9,11H2,1H3/t17-,20+/m0/s1. The monoisotopic (exact) mass is 413 g/mol. The maximum Gasteiger partial charge on any atom is 0.227 e. The van der Waals surface area contributed by atoms with Crippen molar-refractivity contribution in [2.24, 2.45) is 0 Å². The Morgan fingerprint density at radius 3 is 2.93 bits per heavy atom. The van der Waals surface area contributed by atoms with Gasteiger partial charge in [0.1, 0.15) is 5.75 Å². The van der Waals surface area contributed by atoms with Gasteiger partial charge in [0.2, 0.25) is 17.6 Å². The van der Waals surface area contributed by atoms with Crippen molar-refractivity contribution in [3.05, 3.63) is 52.5 Å². The van der Waals surface area contributed by atoms with Gasteiger partial charge in [-0.25, -0.2) is 0 Å². The molecule has 1 N–H and O–H groups in total. The number of amides is 1. The lowest BCUT2D eigenvalue weighted by Crippen LogP contribution is -2.39. The van der Waals surface area contributed by atoms with Crippen LogP contribution in [0.5, 0.6) is 5.75 Å². The second-order valence-corrected chi connectivity index (χ2v) is 7.82. The van der Waals surface area contributed by atoms with Crippen molar-refractivity contribution in [1.82, 2.24) is 15.0 Å². The fourth-order valence-electron chi connectivity index (χ4n) is 3.68. The predicted molar refractivity (Wildman–Crippen MR) is 109 cm³/mol. The number of hydrogen-bond acceptors (Lipinski definition) is 7. The fraction of sp³-hybridized carbons (Fsp3) is 0.381. The molecule has 1 amide bonds. The molecule has 1 aromatic carbocycles. The first-order valence-electron chi connectivity index (χ1n) is 9.62. The first-order chi connectivity index (χ1) is 14.2. The quantitative estimate of drug-likeness (QED) is 0.638. The number of carbonyl (C=O) groups is 1. The van der Waals surface area contributed by atoms with Gasteiger partial charge in [-0.2, -0.15) is 16.3 Å². The van der Waals surface area contributed by atoms with E-state index < -0.39 is 6.10 Å². The fourth-order valence-corrected chi connectivity index (χ4v) is 4.31. The molecule has 0 aliphatic carbocycles. The average molecular weight is 413 g/mol. The normalized spacial score (nSPS) is 17.4. The number of likely N-dealkylation sites (tertiary alicyclic amines) is 1. The van der Waals surface area contributed by atoms with Gasteiger partial charge in [0, 0.05) is 30.3 Å². The molecule has 3 aromatic rings. The molecule has 2 atom stereocenters. The zero-order chi connectivity index (χ0) is 20.2. The third kappa shape index (κ3) is 4.33. The van der Waals surface area contributed by atoms with Gasteiger partial charge in [-0.3, -0.25) is 4.79 Å². The van der Waals surface area contributed by atoms with Gasteiger partial charge in [-0.05, 0) is 42.0 Å². The summed E-state index contributed by atoms with van der Waals surface area (Å²) in [5.41, 5.74) is 1.70. The highest BCUT2D eigenvalue weighted by atomic mass is 32.1. The number of methoxy groups -OCH3 is 1. The molecule has 152 valence electrons. The molecule has 7 nitrogen and oxygen atoms in total. The summed E-state index contributed by atoms with van der Waals surface area (Å²) in [5.74, 6) is 1.73. The van der Waals surface area contributed by atoms with E-state index in [1.165, 1.54) is 0 Å². The third-order valence-corrected chi connectivity index (χ3v) is 5.92. The van der Waals surface area contributed by atoms with E-state index in [4.69, 9.17) is 9.26 Å². The SMILES string of the molecule is COc1ccc([C@@H](O)[C@@H]2CCCN2C(=O)CCc2nc(-c3ccsc3)no2)cc1. The van der Waals surface area contributed by atoms with Gasteiger partial charge in [0.25, 0.3) is 0 Å².